The van der Waals surface area contributed by atoms with E-state index >= 15 is 0 Å². The van der Waals surface area contributed by atoms with Crippen LogP contribution in [0.25, 0.3) is 70.9 Å². The van der Waals surface area contributed by atoms with Crippen LogP contribution < -0.4 is 5.42 Å². The molecule has 9 rings (SSSR count). The number of allylic oxidation sites excluding steroid dienone is 1. The Morgan fingerprint density at radius 3 is 2.09 bits per heavy atom. The van der Waals surface area contributed by atoms with Crippen LogP contribution in [-0.4, -0.2) is 5.71 Å². The summed E-state index contributed by atoms with van der Waals surface area (Å²) in [7, 11) is 0. The summed E-state index contributed by atoms with van der Waals surface area (Å²) in [6.07, 6.45) is 4.08. The Morgan fingerprint density at radius 1 is 0.667 bits per heavy atom. The van der Waals surface area contributed by atoms with Gasteiger partial charge in [0.1, 0.15) is 5.58 Å². The molecule has 7 aromatic carbocycles. The summed E-state index contributed by atoms with van der Waals surface area (Å²) in [6.45, 7) is 4.30. The normalized spacial score (nSPS) is 14.0. The molecule has 1 heterocycles. The van der Waals surface area contributed by atoms with Gasteiger partial charge in [-0.25, -0.2) is 0 Å². The van der Waals surface area contributed by atoms with Crippen LogP contribution in [0.5, 0.6) is 0 Å². The van der Waals surface area contributed by atoms with Crippen LogP contribution in [0.2, 0.25) is 0 Å². The molecule has 0 saturated carbocycles. The number of aliphatic imine (C=N–C) groups is 1. The molecule has 0 N–H and O–H groups in total. The number of fused-ring (bicyclic) bond motifs is 6. The second kappa shape index (κ2) is 10.1. The molecular formula is C43H31NO. The fourth-order valence-corrected chi connectivity index (χ4v) is 7.70. The van der Waals surface area contributed by atoms with Crippen molar-refractivity contribution < 1.29 is 4.42 Å². The van der Waals surface area contributed by atoms with E-state index in [0.29, 0.717) is 0 Å². The lowest BCUT2D eigenvalue weighted by Gasteiger charge is -2.18. The minimum Gasteiger partial charge on any atom is -0.447 e. The highest BCUT2D eigenvalue weighted by molar-refractivity contribution is 6.35. The number of hydrogen-bond acceptors (Lipinski definition) is 2. The third-order valence-corrected chi connectivity index (χ3v) is 9.70. The molecular weight excluding hydrogens is 546 g/mol. The average Bonchev–Trinajstić information content (AvgIpc) is 3.32. The topological polar surface area (TPSA) is 25.5 Å². The minimum absolute atomic E-state index is 0.0717. The zero-order valence-electron chi connectivity index (χ0n) is 25.4. The summed E-state index contributed by atoms with van der Waals surface area (Å²) >= 11 is 0. The smallest absolute Gasteiger partial charge is 0.177 e. The maximum atomic E-state index is 6.93. The first-order valence-corrected chi connectivity index (χ1v) is 15.9. The van der Waals surface area contributed by atoms with E-state index in [-0.39, 0.29) is 6.04 Å². The van der Waals surface area contributed by atoms with Crippen molar-refractivity contribution in [1.29, 1.82) is 0 Å². The molecule has 0 radical (unpaired) electrons. The van der Waals surface area contributed by atoms with Crippen LogP contribution in [0.15, 0.2) is 131 Å². The summed E-state index contributed by atoms with van der Waals surface area (Å²) < 4.78 is 6.93. The Balaban J connectivity index is 1.38. The lowest BCUT2D eigenvalue weighted by Crippen LogP contribution is -2.01. The first kappa shape index (κ1) is 26.0. The highest BCUT2D eigenvalue weighted by atomic mass is 16.3. The second-order valence-electron chi connectivity index (χ2n) is 12.2. The van der Waals surface area contributed by atoms with Crippen molar-refractivity contribution in [3.8, 4) is 11.1 Å². The van der Waals surface area contributed by atoms with Gasteiger partial charge in [-0.15, -0.1) is 0 Å². The van der Waals surface area contributed by atoms with E-state index in [1.807, 2.05) is 0 Å². The summed E-state index contributed by atoms with van der Waals surface area (Å²) in [5.41, 5.74) is 12.4. The molecule has 2 nitrogen and oxygen atoms in total. The van der Waals surface area contributed by atoms with Gasteiger partial charge in [0.15, 0.2) is 5.42 Å². The monoisotopic (exact) mass is 577 g/mol. The van der Waals surface area contributed by atoms with E-state index in [1.54, 1.807) is 0 Å². The van der Waals surface area contributed by atoms with Crippen molar-refractivity contribution in [2.45, 2.75) is 32.7 Å². The molecule has 214 valence electrons. The summed E-state index contributed by atoms with van der Waals surface area (Å²) in [5, 5.41) is 11.2. The SMILES string of the molecule is CC(=NC(C)c1ccccc1)c1ccc(-c2c3ccccc3c3c4ccccc4c4c5c(oc2c53)=C=CCC4)c2ccccc12. The average molecular weight is 578 g/mol. The van der Waals surface area contributed by atoms with E-state index in [4.69, 9.17) is 9.41 Å². The first-order valence-electron chi connectivity index (χ1n) is 15.9. The zero-order chi connectivity index (χ0) is 30.1. The molecule has 0 spiro atoms. The maximum Gasteiger partial charge on any atom is 0.177 e. The predicted molar refractivity (Wildman–Crippen MR) is 190 cm³/mol. The molecule has 45 heavy (non-hydrogen) atoms. The van der Waals surface area contributed by atoms with Crippen LogP contribution in [0, 0.1) is 0 Å². The van der Waals surface area contributed by atoms with Gasteiger partial charge in [0.2, 0.25) is 0 Å². The Hall–Kier alpha value is -5.43. The molecule has 0 saturated heterocycles. The van der Waals surface area contributed by atoms with Crippen LogP contribution in [0.1, 0.15) is 43.0 Å². The fourth-order valence-electron chi connectivity index (χ4n) is 7.70. The van der Waals surface area contributed by atoms with Crippen LogP contribution >= 0.6 is 0 Å². The van der Waals surface area contributed by atoms with E-state index in [1.165, 1.54) is 65.2 Å². The zero-order valence-corrected chi connectivity index (χ0v) is 25.4. The lowest BCUT2D eigenvalue weighted by molar-refractivity contribution is 0.586. The van der Waals surface area contributed by atoms with E-state index in [0.717, 1.165) is 40.7 Å². The lowest BCUT2D eigenvalue weighted by atomic mass is 9.85. The Morgan fingerprint density at radius 2 is 1.31 bits per heavy atom. The van der Waals surface area contributed by atoms with Gasteiger partial charge in [0, 0.05) is 33.0 Å². The predicted octanol–water partition coefficient (Wildman–Crippen LogP) is 10.9. The molecule has 2 heteroatoms. The summed E-state index contributed by atoms with van der Waals surface area (Å²) in [4.78, 5) is 5.16. The van der Waals surface area contributed by atoms with E-state index < -0.39 is 0 Å². The fraction of sp³-hybridized carbons (Fsp3) is 0.116. The molecule has 0 bridgehead atoms. The highest BCUT2D eigenvalue weighted by Gasteiger charge is 2.25. The molecule has 8 aromatic rings. The van der Waals surface area contributed by atoms with Crippen LogP contribution in [0.3, 0.4) is 0 Å². The molecule has 1 atom stereocenters. The molecule has 1 aliphatic rings. The number of hydrogen-bond donors (Lipinski definition) is 0. The standard InChI is InChI=1S/C43H31NO/c1-26(28-14-4-3-5-15-28)44-27(2)29-24-25-37(31-17-7-6-16-30(29)31)40-36-22-11-10-21-35(36)39-33-19-9-8-18-32(33)34-20-12-13-23-38-41(34)42(39)43(40)45-38/h3-11,13-19,21-22,24-26H,12,20H2,1-2H3. The maximum absolute atomic E-state index is 6.93. The van der Waals surface area contributed by atoms with Gasteiger partial charge in [-0.1, -0.05) is 121 Å². The number of rotatable bonds is 4. The van der Waals surface area contributed by atoms with Gasteiger partial charge in [-0.2, -0.15) is 0 Å². The van der Waals surface area contributed by atoms with Crippen molar-refractivity contribution in [3.63, 3.8) is 0 Å². The third kappa shape index (κ3) is 3.86. The molecule has 0 aliphatic heterocycles. The van der Waals surface area contributed by atoms with Crippen molar-refractivity contribution in [2.75, 3.05) is 0 Å². The Bertz CT molecular complexity index is 2600. The third-order valence-electron chi connectivity index (χ3n) is 9.70. The van der Waals surface area contributed by atoms with Gasteiger partial charge in [-0.05, 0) is 81.8 Å². The van der Waals surface area contributed by atoms with Gasteiger partial charge in [0.25, 0.3) is 0 Å². The number of furan rings is 1. The Labute approximate surface area is 261 Å². The molecule has 1 unspecified atom stereocenters. The van der Waals surface area contributed by atoms with Crippen LogP contribution in [-0.2, 0) is 6.42 Å². The van der Waals surface area contributed by atoms with Crippen molar-refractivity contribution in [3.05, 3.63) is 143 Å². The van der Waals surface area contributed by atoms with Gasteiger partial charge < -0.3 is 4.42 Å². The largest absolute Gasteiger partial charge is 0.447 e. The molecule has 1 aliphatic carbocycles. The van der Waals surface area contributed by atoms with Crippen molar-refractivity contribution >= 4 is 65.5 Å². The molecule has 1 aromatic heterocycles. The first-order chi connectivity index (χ1) is 22.2. The quantitative estimate of drug-likeness (QED) is 0.151. The van der Waals surface area contributed by atoms with E-state index in [9.17, 15) is 0 Å². The number of nitrogens with zero attached hydrogens (tertiary/aromatic N) is 1. The van der Waals surface area contributed by atoms with E-state index in [2.05, 4.69) is 141 Å². The summed E-state index contributed by atoms with van der Waals surface area (Å²) in [6, 6.07) is 41.6. The highest BCUT2D eigenvalue weighted by Crippen LogP contribution is 2.48. The summed E-state index contributed by atoms with van der Waals surface area (Å²) in [5.74, 6) is 0. The second-order valence-corrected chi connectivity index (χ2v) is 12.2. The number of aryl methyl sites for hydroxylation is 1. The van der Waals surface area contributed by atoms with Gasteiger partial charge in [-0.3, -0.25) is 4.99 Å². The molecule has 0 fully saturated rings. The minimum atomic E-state index is 0.0717. The van der Waals surface area contributed by atoms with Crippen molar-refractivity contribution in [2.24, 2.45) is 4.99 Å². The molecule has 0 amide bonds. The van der Waals surface area contributed by atoms with Gasteiger partial charge >= 0.3 is 0 Å². The van der Waals surface area contributed by atoms with Crippen LogP contribution in [0.4, 0.5) is 0 Å². The van der Waals surface area contributed by atoms with Crippen molar-refractivity contribution in [1.82, 2.24) is 0 Å². The van der Waals surface area contributed by atoms with Gasteiger partial charge in [0.05, 0.1) is 6.04 Å². The Kier molecular flexibility index (Phi) is 5.81. The number of benzene rings is 7.